The van der Waals surface area contributed by atoms with Crippen LogP contribution in [-0.2, 0) is 11.0 Å². The van der Waals surface area contributed by atoms with E-state index in [1.807, 2.05) is 0 Å². The molecule has 1 aromatic rings. The molecule has 0 bridgehead atoms. The third kappa shape index (κ3) is 25.2. The first kappa shape index (κ1) is 27.2. The second kappa shape index (κ2) is 18.7. The number of phosphoric acid groups is 1. The Bertz CT molecular complexity index is 407. The molecule has 0 amide bonds. The molecule has 0 heterocycles. The Hall–Kier alpha value is 0.966. The molecule has 0 aliphatic heterocycles. The molecule has 0 radical (unpaired) electrons. The van der Waals surface area contributed by atoms with Crippen molar-refractivity contribution in [2.24, 2.45) is 0 Å². The van der Waals surface area contributed by atoms with E-state index in [0.717, 1.165) is 0 Å². The van der Waals surface area contributed by atoms with Gasteiger partial charge in [0.2, 0.25) is 0 Å². The van der Waals surface area contributed by atoms with Crippen LogP contribution in [0.5, 0.6) is 0 Å². The van der Waals surface area contributed by atoms with Crippen molar-refractivity contribution in [3.63, 3.8) is 0 Å². The molecule has 0 aromatic heterocycles. The van der Waals surface area contributed by atoms with Gasteiger partial charge in [-0.05, 0) is 18.4 Å². The minimum atomic E-state index is -4.64. The zero-order valence-electron chi connectivity index (χ0n) is 16.4. The molecule has 0 fully saturated rings. The predicted octanol–water partition coefficient (Wildman–Crippen LogP) is 2.34. The van der Waals surface area contributed by atoms with Crippen LogP contribution in [0.25, 0.3) is 0 Å². The molecule has 0 spiro atoms. The molecule has 24 heavy (non-hydrogen) atoms. The van der Waals surface area contributed by atoms with Crippen LogP contribution in [0.1, 0.15) is 78.1 Å². The molecule has 0 saturated heterocycles. The van der Waals surface area contributed by atoms with Crippen LogP contribution < -0.4 is 51.4 Å². The van der Waals surface area contributed by atoms with E-state index in [2.05, 4.69) is 37.3 Å². The molecular weight excluding hydrogens is 350 g/mol. The summed E-state index contributed by atoms with van der Waals surface area (Å²) in [6, 6.07) is 10.9. The van der Waals surface area contributed by atoms with Crippen LogP contribution in [0.2, 0.25) is 0 Å². The largest absolute Gasteiger partial charge is 1.00 e. The van der Waals surface area contributed by atoms with E-state index in [4.69, 9.17) is 19.2 Å². The van der Waals surface area contributed by atoms with E-state index in [0.29, 0.717) is 0 Å². The van der Waals surface area contributed by atoms with Crippen molar-refractivity contribution < 1.29 is 72.1 Å². The minimum absolute atomic E-state index is 0. The third-order valence-corrected chi connectivity index (χ3v) is 3.66. The number of hydrogen-bond acceptors (Lipinski definition) is 1. The van der Waals surface area contributed by atoms with Gasteiger partial charge >= 0.3 is 59.2 Å². The fourth-order valence-electron chi connectivity index (χ4n) is 2.46. The Morgan fingerprint density at radius 3 is 1.58 bits per heavy atom. The average molecular weight is 385 g/mol. The molecule has 0 saturated carbocycles. The Morgan fingerprint density at radius 1 is 0.792 bits per heavy atom. The van der Waals surface area contributed by atoms with Gasteiger partial charge in [0.05, 0.1) is 0 Å². The predicted molar refractivity (Wildman–Crippen MR) is 97.4 cm³/mol. The number of unbranched alkanes of at least 4 members (excludes halogenated alkanes) is 9. The summed E-state index contributed by atoms with van der Waals surface area (Å²) in [5.41, 5.74) is 1.50. The molecule has 1 rings (SSSR count). The van der Waals surface area contributed by atoms with Gasteiger partial charge < -0.3 is 16.1 Å². The molecule has 0 aliphatic rings. The summed E-state index contributed by atoms with van der Waals surface area (Å²) < 4.78 is 8.88. The molecule has 0 unspecified atom stereocenters. The van der Waals surface area contributed by atoms with Crippen molar-refractivity contribution in [1.82, 2.24) is 0 Å². The van der Waals surface area contributed by atoms with Crippen molar-refractivity contribution in [1.29, 1.82) is 0 Å². The number of aryl methyl sites for hydroxylation is 1. The van der Waals surface area contributed by atoms with Gasteiger partial charge in [-0.3, -0.25) is 0 Å². The Labute approximate surface area is 191 Å². The maximum Gasteiger partial charge on any atom is 1.00 e. The normalized spacial score (nSPS) is 10.5. The first-order valence-corrected chi connectivity index (χ1v) is 10.3. The van der Waals surface area contributed by atoms with E-state index in [9.17, 15) is 0 Å². The number of hydrogen-bond donors (Lipinski definition) is 3. The fourth-order valence-corrected chi connectivity index (χ4v) is 2.46. The smallest absolute Gasteiger partial charge is 1.00 e. The summed E-state index contributed by atoms with van der Waals surface area (Å²) in [5.74, 6) is 0. The van der Waals surface area contributed by atoms with Crippen molar-refractivity contribution in [2.75, 3.05) is 0 Å². The quantitative estimate of drug-likeness (QED) is 0.311. The Morgan fingerprint density at radius 2 is 1.17 bits per heavy atom. The van der Waals surface area contributed by atoms with Crippen molar-refractivity contribution >= 4 is 7.82 Å². The zero-order valence-corrected chi connectivity index (χ0v) is 19.4. The van der Waals surface area contributed by atoms with Crippen molar-refractivity contribution in [3.8, 4) is 0 Å². The first-order valence-electron chi connectivity index (χ1n) is 8.75. The third-order valence-electron chi connectivity index (χ3n) is 3.66. The monoisotopic (exact) mass is 384 g/mol. The van der Waals surface area contributed by atoms with Crippen LogP contribution >= 0.6 is 7.82 Å². The molecule has 6 heteroatoms. The average Bonchev–Trinajstić information content (AvgIpc) is 2.48. The van der Waals surface area contributed by atoms with E-state index in [1.54, 1.807) is 0 Å². The molecule has 3 N–H and O–H groups in total. The zero-order chi connectivity index (χ0) is 17.4. The molecule has 0 aliphatic carbocycles. The summed E-state index contributed by atoms with van der Waals surface area (Å²) in [4.78, 5) is 21.6. The Kier molecular flexibility index (Phi) is 21.2. The van der Waals surface area contributed by atoms with Gasteiger partial charge in [-0.2, -0.15) is 0 Å². The van der Waals surface area contributed by atoms with Gasteiger partial charge in [0.15, 0.2) is 0 Å². The van der Waals surface area contributed by atoms with Crippen molar-refractivity contribution in [2.45, 2.75) is 77.6 Å². The molecule has 0 atom stereocenters. The van der Waals surface area contributed by atoms with Crippen molar-refractivity contribution in [3.05, 3.63) is 35.9 Å². The fraction of sp³-hybridized carbons (Fsp3) is 0.667. The van der Waals surface area contributed by atoms with E-state index in [1.165, 1.54) is 76.2 Å². The second-order valence-electron chi connectivity index (χ2n) is 5.93. The van der Waals surface area contributed by atoms with E-state index in [-0.39, 0.29) is 52.8 Å². The van der Waals surface area contributed by atoms with Gasteiger partial charge in [0.25, 0.3) is 0 Å². The van der Waals surface area contributed by atoms with Crippen LogP contribution in [0.4, 0.5) is 0 Å². The summed E-state index contributed by atoms with van der Waals surface area (Å²) in [7, 11) is -4.64. The Balaban J connectivity index is -0.000000610. The van der Waals surface area contributed by atoms with Gasteiger partial charge in [0.1, 0.15) is 0 Å². The molecular formula is C18H34KO4P. The molecule has 136 valence electrons. The SMILES string of the molecule is CCCCCCCCCCCCc1ccccc1.O=P(O)(O)O.[H-].[K+]. The van der Waals surface area contributed by atoms with Gasteiger partial charge in [-0.15, -0.1) is 0 Å². The standard InChI is InChI=1S/C18H30.K.H3O4P.H/c1-2-3-4-5-6-7-8-9-10-12-15-18-16-13-11-14-17-18;;1-5(2,3)4;/h11,13-14,16-17H,2-10,12,15H2,1H3;;(H3,1,2,3,4);/q;+1;;-1. The topological polar surface area (TPSA) is 77.8 Å². The maximum absolute atomic E-state index is 8.88. The maximum atomic E-state index is 8.88. The first-order chi connectivity index (χ1) is 10.9. The summed E-state index contributed by atoms with van der Waals surface area (Å²) in [6.07, 6.45) is 15.5. The van der Waals surface area contributed by atoms with Crippen LogP contribution in [-0.4, -0.2) is 14.7 Å². The second-order valence-corrected chi connectivity index (χ2v) is 6.96. The van der Waals surface area contributed by atoms with Gasteiger partial charge in [0, 0.05) is 0 Å². The van der Waals surface area contributed by atoms with E-state index >= 15 is 0 Å². The van der Waals surface area contributed by atoms with Crippen LogP contribution in [0.15, 0.2) is 30.3 Å². The minimum Gasteiger partial charge on any atom is -1.00 e. The molecule has 1 aromatic carbocycles. The summed E-state index contributed by atoms with van der Waals surface area (Å²) in [6.45, 7) is 2.28. The van der Waals surface area contributed by atoms with E-state index < -0.39 is 7.82 Å². The van der Waals surface area contributed by atoms with Crippen LogP contribution in [0, 0.1) is 0 Å². The van der Waals surface area contributed by atoms with Gasteiger partial charge in [-0.25, -0.2) is 4.57 Å². The number of rotatable bonds is 11. The summed E-state index contributed by atoms with van der Waals surface area (Å²) in [5, 5.41) is 0. The molecule has 4 nitrogen and oxygen atoms in total. The summed E-state index contributed by atoms with van der Waals surface area (Å²) >= 11 is 0. The van der Waals surface area contributed by atoms with Crippen LogP contribution in [0.3, 0.4) is 0 Å². The van der Waals surface area contributed by atoms with Gasteiger partial charge in [-0.1, -0.05) is 95.0 Å². The number of benzene rings is 1.